The highest BCUT2D eigenvalue weighted by Crippen LogP contribution is 2.48. The van der Waals surface area contributed by atoms with Crippen LogP contribution in [0.25, 0.3) is 0 Å². The van der Waals surface area contributed by atoms with Gasteiger partial charge in [-0.2, -0.15) is 13.2 Å². The number of hydrogen-bond donors (Lipinski definition) is 1. The number of aliphatic carboxylic acids is 1. The van der Waals surface area contributed by atoms with Crippen LogP contribution in [0.2, 0.25) is 0 Å². The molecular weight excluding hydrogens is 607 g/mol. The van der Waals surface area contributed by atoms with Crippen molar-refractivity contribution in [1.82, 2.24) is 9.80 Å². The Balaban J connectivity index is 1.25. The van der Waals surface area contributed by atoms with Crippen molar-refractivity contribution in [3.05, 3.63) is 59.2 Å². The zero-order valence-corrected chi connectivity index (χ0v) is 27.8. The molecule has 1 amide bonds. The minimum atomic E-state index is -4.49. The highest BCUT2D eigenvalue weighted by Gasteiger charge is 2.53. The molecule has 0 spiro atoms. The summed E-state index contributed by atoms with van der Waals surface area (Å²) in [5.41, 5.74) is 1.10. The van der Waals surface area contributed by atoms with E-state index in [1.807, 2.05) is 21.9 Å². The number of alkyl halides is 3. The van der Waals surface area contributed by atoms with E-state index in [2.05, 4.69) is 30.9 Å². The Hall–Kier alpha value is -3.27. The third kappa shape index (κ3) is 6.85. The van der Waals surface area contributed by atoms with Crippen molar-refractivity contribution in [2.75, 3.05) is 51.3 Å². The third-order valence-electron chi connectivity index (χ3n) is 11.7. The normalized spacial score (nSPS) is 29.3. The highest BCUT2D eigenvalue weighted by atomic mass is 19.4. The number of carbonyl (C=O) groups excluding carboxylic acids is 1. The summed E-state index contributed by atoms with van der Waals surface area (Å²) in [4.78, 5) is 32.6. The van der Waals surface area contributed by atoms with Gasteiger partial charge in [0.05, 0.1) is 24.0 Å². The number of ether oxygens (including phenoxy) is 1. The molecule has 1 N–H and O–H groups in total. The summed E-state index contributed by atoms with van der Waals surface area (Å²) >= 11 is 0. The molecule has 256 valence electrons. The van der Waals surface area contributed by atoms with E-state index in [1.165, 1.54) is 18.9 Å². The molecule has 6 rings (SSSR count). The van der Waals surface area contributed by atoms with Crippen molar-refractivity contribution in [3.63, 3.8) is 0 Å². The first kappa shape index (κ1) is 33.6. The number of halogens is 3. The first-order valence-electron chi connectivity index (χ1n) is 17.2. The van der Waals surface area contributed by atoms with Gasteiger partial charge in [0.2, 0.25) is 5.91 Å². The predicted octanol–water partition coefficient (Wildman–Crippen LogP) is 7.02. The maximum Gasteiger partial charge on any atom is 0.416 e. The number of carboxylic acids is 1. The minimum Gasteiger partial charge on any atom is -0.497 e. The molecule has 3 aliphatic heterocycles. The van der Waals surface area contributed by atoms with E-state index in [0.717, 1.165) is 48.2 Å². The molecule has 1 saturated carbocycles. The van der Waals surface area contributed by atoms with Crippen LogP contribution in [0.4, 0.5) is 18.9 Å². The van der Waals surface area contributed by atoms with Crippen LogP contribution in [0.1, 0.15) is 87.3 Å². The first-order chi connectivity index (χ1) is 22.4. The van der Waals surface area contributed by atoms with Gasteiger partial charge in [-0.05, 0) is 93.2 Å². The van der Waals surface area contributed by atoms with E-state index in [0.29, 0.717) is 63.7 Å². The molecule has 3 atom stereocenters. The molecule has 0 bridgehead atoms. The number of likely N-dealkylation sites (tertiary alicyclic amines) is 2. The summed E-state index contributed by atoms with van der Waals surface area (Å²) in [5.74, 6) is 0.194. The molecule has 10 heteroatoms. The molecule has 0 aromatic heterocycles. The molecule has 3 saturated heterocycles. The number of amides is 1. The Morgan fingerprint density at radius 1 is 0.915 bits per heavy atom. The van der Waals surface area contributed by atoms with Gasteiger partial charge in [-0.15, -0.1) is 0 Å². The second-order valence-electron chi connectivity index (χ2n) is 14.7. The Morgan fingerprint density at radius 2 is 1.60 bits per heavy atom. The molecule has 1 aliphatic carbocycles. The van der Waals surface area contributed by atoms with E-state index in [4.69, 9.17) is 4.74 Å². The van der Waals surface area contributed by atoms with Crippen molar-refractivity contribution < 1.29 is 32.6 Å². The molecule has 4 fully saturated rings. The summed E-state index contributed by atoms with van der Waals surface area (Å²) in [7, 11) is 1.65. The number of rotatable bonds is 7. The Morgan fingerprint density at radius 3 is 2.21 bits per heavy atom. The molecular formula is C37H48F3N3O4. The topological polar surface area (TPSA) is 73.3 Å². The Kier molecular flexibility index (Phi) is 9.53. The van der Waals surface area contributed by atoms with Gasteiger partial charge in [0.25, 0.3) is 0 Å². The van der Waals surface area contributed by atoms with Gasteiger partial charge < -0.3 is 19.6 Å². The summed E-state index contributed by atoms with van der Waals surface area (Å²) in [6.45, 7) is 7.71. The van der Waals surface area contributed by atoms with Crippen LogP contribution in [0.15, 0.2) is 42.5 Å². The van der Waals surface area contributed by atoms with Gasteiger partial charge in [-0.25, -0.2) is 0 Å². The number of anilines is 1. The molecule has 2 aromatic carbocycles. The van der Waals surface area contributed by atoms with Crippen molar-refractivity contribution in [2.45, 2.75) is 82.8 Å². The monoisotopic (exact) mass is 655 g/mol. The van der Waals surface area contributed by atoms with Gasteiger partial charge in [0, 0.05) is 62.8 Å². The molecule has 47 heavy (non-hydrogen) atoms. The lowest BCUT2D eigenvalue weighted by Crippen LogP contribution is -2.46. The molecule has 0 radical (unpaired) electrons. The van der Waals surface area contributed by atoms with Gasteiger partial charge in [0.15, 0.2) is 0 Å². The zero-order chi connectivity index (χ0) is 33.5. The van der Waals surface area contributed by atoms with Crippen LogP contribution in [-0.2, 0) is 15.8 Å². The fraction of sp³-hybridized carbons (Fsp3) is 0.622. The van der Waals surface area contributed by atoms with Gasteiger partial charge in [0.1, 0.15) is 5.75 Å². The summed E-state index contributed by atoms with van der Waals surface area (Å²) in [5, 5.41) is 9.47. The average molecular weight is 656 g/mol. The maximum absolute atomic E-state index is 14.7. The second kappa shape index (κ2) is 13.3. The highest BCUT2D eigenvalue weighted by molar-refractivity contribution is 5.85. The van der Waals surface area contributed by atoms with E-state index in [-0.39, 0.29) is 17.7 Å². The first-order valence-corrected chi connectivity index (χ1v) is 17.2. The van der Waals surface area contributed by atoms with Crippen molar-refractivity contribution >= 4 is 17.6 Å². The lowest BCUT2D eigenvalue weighted by molar-refractivity contribution is -0.142. The van der Waals surface area contributed by atoms with E-state index in [9.17, 15) is 27.9 Å². The van der Waals surface area contributed by atoms with Crippen LogP contribution < -0.4 is 9.64 Å². The number of carbonyl (C=O) groups is 2. The molecule has 7 nitrogen and oxygen atoms in total. The average Bonchev–Trinajstić information content (AvgIpc) is 3.70. The van der Waals surface area contributed by atoms with Crippen LogP contribution in [0, 0.1) is 17.3 Å². The zero-order valence-electron chi connectivity index (χ0n) is 27.8. The second-order valence-corrected chi connectivity index (χ2v) is 14.7. The maximum atomic E-state index is 14.7. The number of benzene rings is 2. The Bertz CT molecular complexity index is 1430. The van der Waals surface area contributed by atoms with Gasteiger partial charge >= 0.3 is 12.1 Å². The quantitative estimate of drug-likeness (QED) is 0.346. The Labute approximate surface area is 276 Å². The fourth-order valence-electron chi connectivity index (χ4n) is 8.71. The van der Waals surface area contributed by atoms with Crippen molar-refractivity contribution in [2.24, 2.45) is 17.3 Å². The lowest BCUT2D eigenvalue weighted by atomic mass is 9.75. The third-order valence-corrected chi connectivity index (χ3v) is 11.7. The van der Waals surface area contributed by atoms with Gasteiger partial charge in [-0.3, -0.25) is 14.5 Å². The summed E-state index contributed by atoms with van der Waals surface area (Å²) < 4.78 is 46.9. The fourth-order valence-corrected chi connectivity index (χ4v) is 8.71. The van der Waals surface area contributed by atoms with Gasteiger partial charge in [-0.1, -0.05) is 25.1 Å². The SMILES string of the molecule is COc1ccc([C@@H]2CN(C3CCC(C)CC3)C[C@@]2(C)C(=O)N2CC[C@@H](c3ccc(C(F)(F)F)cc3N3CCC(C(=O)O)CC3)C2)cc1. The smallest absolute Gasteiger partial charge is 0.416 e. The number of piperidine rings is 1. The molecule has 0 unspecified atom stereocenters. The van der Waals surface area contributed by atoms with Crippen molar-refractivity contribution in [1.29, 1.82) is 0 Å². The molecule has 4 aliphatic rings. The number of nitrogens with zero attached hydrogens (tertiary/aromatic N) is 3. The van der Waals surface area contributed by atoms with Crippen LogP contribution >= 0.6 is 0 Å². The number of carboxylic acid groups (broad SMARTS) is 1. The molecule has 3 heterocycles. The van der Waals surface area contributed by atoms with Crippen LogP contribution in [-0.4, -0.2) is 79.2 Å². The largest absolute Gasteiger partial charge is 0.497 e. The van der Waals surface area contributed by atoms with Crippen LogP contribution in [0.3, 0.4) is 0 Å². The standard InChI is InChI=1S/C37H48F3N3O4/c1-24-4-9-29(10-5-24)43-22-32(25-6-11-30(47-3)12-7-25)36(2,23-43)35(46)42-19-16-27(21-42)31-13-8-28(37(38,39)40)20-33(31)41-17-14-26(15-18-41)34(44)45/h6-8,11-13,20,24,26-27,29,32H,4-5,9-10,14-19,21-23H2,1-3H3,(H,44,45)/t24?,27-,29?,32+,36-/m1/s1. The number of methoxy groups -OCH3 is 1. The predicted molar refractivity (Wildman–Crippen MR) is 175 cm³/mol. The molecule has 2 aromatic rings. The minimum absolute atomic E-state index is 0.0106. The van der Waals surface area contributed by atoms with E-state index >= 15 is 0 Å². The number of hydrogen-bond acceptors (Lipinski definition) is 5. The van der Waals surface area contributed by atoms with Crippen molar-refractivity contribution in [3.8, 4) is 5.75 Å². The lowest BCUT2D eigenvalue weighted by Gasteiger charge is -2.36. The summed E-state index contributed by atoms with van der Waals surface area (Å²) in [6.07, 6.45) is 1.67. The van der Waals surface area contributed by atoms with E-state index in [1.54, 1.807) is 13.2 Å². The summed E-state index contributed by atoms with van der Waals surface area (Å²) in [6, 6.07) is 12.5. The van der Waals surface area contributed by atoms with E-state index < -0.39 is 29.0 Å². The van der Waals surface area contributed by atoms with Crippen LogP contribution in [0.5, 0.6) is 5.75 Å².